The lowest BCUT2D eigenvalue weighted by Gasteiger charge is -2.17. The van der Waals surface area contributed by atoms with Gasteiger partial charge in [0.1, 0.15) is 5.76 Å². The summed E-state index contributed by atoms with van der Waals surface area (Å²) in [6, 6.07) is 0.627. The fraction of sp³-hybridized carbons (Fsp3) is 0.750. The van der Waals surface area contributed by atoms with E-state index >= 15 is 0 Å². The third-order valence-electron chi connectivity index (χ3n) is 3.18. The van der Waals surface area contributed by atoms with Crippen molar-refractivity contribution >= 4 is 11.8 Å². The van der Waals surface area contributed by atoms with Crippen molar-refractivity contribution in [1.82, 2.24) is 10.3 Å². The number of hydrogen-bond acceptors (Lipinski definition) is 4. The molecule has 0 aromatic carbocycles. The number of aromatic nitrogens is 1. The molecule has 1 aliphatic carbocycles. The molecule has 4 heteroatoms. The van der Waals surface area contributed by atoms with Crippen LogP contribution in [0.25, 0.3) is 0 Å². The second-order valence-electron chi connectivity index (χ2n) is 4.37. The number of nitrogens with one attached hydrogen (secondary N) is 1. The Kier molecular flexibility index (Phi) is 3.92. The maximum absolute atomic E-state index is 5.63. The highest BCUT2D eigenvalue weighted by atomic mass is 32.2. The predicted molar refractivity (Wildman–Crippen MR) is 66.9 cm³/mol. The topological polar surface area (TPSA) is 38.1 Å². The van der Waals surface area contributed by atoms with Gasteiger partial charge in [-0.1, -0.05) is 25.1 Å². The van der Waals surface area contributed by atoms with Crippen LogP contribution >= 0.6 is 11.8 Å². The number of hydrogen-bond donors (Lipinski definition) is 1. The third-order valence-corrected chi connectivity index (χ3v) is 4.42. The van der Waals surface area contributed by atoms with Crippen molar-refractivity contribution in [3.8, 4) is 0 Å². The monoisotopic (exact) mass is 240 g/mol. The number of nitrogens with zero attached hydrogens (tertiary/aromatic N) is 1. The summed E-state index contributed by atoms with van der Waals surface area (Å²) in [6.45, 7) is 7.19. The Morgan fingerprint density at radius 3 is 2.88 bits per heavy atom. The van der Waals surface area contributed by atoms with Gasteiger partial charge in [0.2, 0.25) is 0 Å². The van der Waals surface area contributed by atoms with Crippen LogP contribution in [-0.2, 0) is 0 Å². The SMILES string of the molecule is CCNC1CCCC1Sc1nc(C)c(C)o1. The molecule has 1 aliphatic rings. The van der Waals surface area contributed by atoms with Gasteiger partial charge < -0.3 is 9.73 Å². The molecular formula is C12H20N2OS. The highest BCUT2D eigenvalue weighted by molar-refractivity contribution is 7.99. The highest BCUT2D eigenvalue weighted by Gasteiger charge is 2.28. The van der Waals surface area contributed by atoms with E-state index in [1.165, 1.54) is 19.3 Å². The van der Waals surface area contributed by atoms with E-state index in [0.29, 0.717) is 11.3 Å². The lowest BCUT2D eigenvalue weighted by atomic mass is 10.2. The van der Waals surface area contributed by atoms with Crippen LogP contribution in [0.4, 0.5) is 0 Å². The molecule has 1 saturated carbocycles. The van der Waals surface area contributed by atoms with Crippen molar-refractivity contribution in [2.75, 3.05) is 6.54 Å². The van der Waals surface area contributed by atoms with Gasteiger partial charge in [-0.25, -0.2) is 4.98 Å². The first-order valence-electron chi connectivity index (χ1n) is 6.04. The van der Waals surface area contributed by atoms with Gasteiger partial charge in [-0.15, -0.1) is 0 Å². The van der Waals surface area contributed by atoms with E-state index in [9.17, 15) is 0 Å². The van der Waals surface area contributed by atoms with Crippen LogP contribution in [0.2, 0.25) is 0 Å². The normalized spacial score (nSPS) is 25.2. The smallest absolute Gasteiger partial charge is 0.256 e. The van der Waals surface area contributed by atoms with Gasteiger partial charge in [-0.3, -0.25) is 0 Å². The molecule has 0 spiro atoms. The molecule has 0 bridgehead atoms. The number of rotatable bonds is 4. The van der Waals surface area contributed by atoms with Gasteiger partial charge in [0.25, 0.3) is 5.22 Å². The fourth-order valence-electron chi connectivity index (χ4n) is 2.19. The summed E-state index contributed by atoms with van der Waals surface area (Å²) >= 11 is 1.79. The minimum Gasteiger partial charge on any atom is -0.437 e. The average Bonchev–Trinajstić information content (AvgIpc) is 2.77. The Balaban J connectivity index is 1.98. The molecule has 0 saturated heterocycles. The van der Waals surface area contributed by atoms with Gasteiger partial charge in [0.15, 0.2) is 0 Å². The average molecular weight is 240 g/mol. The van der Waals surface area contributed by atoms with Crippen molar-refractivity contribution in [2.45, 2.75) is 56.5 Å². The van der Waals surface area contributed by atoms with Gasteiger partial charge in [-0.2, -0.15) is 0 Å². The molecule has 90 valence electrons. The van der Waals surface area contributed by atoms with E-state index in [-0.39, 0.29) is 0 Å². The van der Waals surface area contributed by atoms with Gasteiger partial charge in [-0.05, 0) is 33.2 Å². The van der Waals surface area contributed by atoms with Crippen molar-refractivity contribution in [3.63, 3.8) is 0 Å². The molecule has 3 nitrogen and oxygen atoms in total. The molecule has 0 radical (unpaired) electrons. The molecule has 1 heterocycles. The lowest BCUT2D eigenvalue weighted by molar-refractivity contribution is 0.428. The second-order valence-corrected chi connectivity index (χ2v) is 5.56. The highest BCUT2D eigenvalue weighted by Crippen LogP contribution is 2.35. The Hall–Kier alpha value is -0.480. The van der Waals surface area contributed by atoms with Gasteiger partial charge in [0, 0.05) is 11.3 Å². The van der Waals surface area contributed by atoms with Crippen LogP contribution < -0.4 is 5.32 Å². The van der Waals surface area contributed by atoms with Crippen LogP contribution in [0.3, 0.4) is 0 Å². The fourth-order valence-corrected chi connectivity index (χ4v) is 3.49. The third kappa shape index (κ3) is 2.61. The maximum Gasteiger partial charge on any atom is 0.256 e. The van der Waals surface area contributed by atoms with E-state index in [1.54, 1.807) is 11.8 Å². The summed E-state index contributed by atoms with van der Waals surface area (Å²) in [6.07, 6.45) is 3.86. The molecule has 2 rings (SSSR count). The number of thioether (sulfide) groups is 1. The Labute approximate surface area is 101 Å². The molecule has 1 aromatic rings. The molecule has 0 aliphatic heterocycles. The zero-order valence-corrected chi connectivity index (χ0v) is 11.1. The van der Waals surface area contributed by atoms with E-state index < -0.39 is 0 Å². The van der Waals surface area contributed by atoms with Crippen molar-refractivity contribution < 1.29 is 4.42 Å². The summed E-state index contributed by atoms with van der Waals surface area (Å²) in [5.41, 5.74) is 1.01. The van der Waals surface area contributed by atoms with Crippen LogP contribution in [-0.4, -0.2) is 22.8 Å². The number of aryl methyl sites for hydroxylation is 2. The van der Waals surface area contributed by atoms with Crippen molar-refractivity contribution in [3.05, 3.63) is 11.5 Å². The Morgan fingerprint density at radius 1 is 1.44 bits per heavy atom. The maximum atomic E-state index is 5.63. The van der Waals surface area contributed by atoms with E-state index in [0.717, 1.165) is 23.2 Å². The second kappa shape index (κ2) is 5.23. The first-order valence-corrected chi connectivity index (χ1v) is 6.92. The summed E-state index contributed by atoms with van der Waals surface area (Å²) < 4.78 is 5.63. The summed E-state index contributed by atoms with van der Waals surface area (Å²) in [5, 5.41) is 5.01. The molecular weight excluding hydrogens is 220 g/mol. The first-order chi connectivity index (χ1) is 7.70. The van der Waals surface area contributed by atoms with E-state index in [4.69, 9.17) is 4.42 Å². The van der Waals surface area contributed by atoms with Crippen LogP contribution in [0, 0.1) is 13.8 Å². The van der Waals surface area contributed by atoms with Crippen LogP contribution in [0.1, 0.15) is 37.6 Å². The minimum absolute atomic E-state index is 0.623. The largest absolute Gasteiger partial charge is 0.437 e. The lowest BCUT2D eigenvalue weighted by Crippen LogP contribution is -2.33. The van der Waals surface area contributed by atoms with Crippen molar-refractivity contribution in [1.29, 1.82) is 0 Å². The molecule has 2 atom stereocenters. The summed E-state index contributed by atoms with van der Waals surface area (Å²) in [7, 11) is 0. The zero-order chi connectivity index (χ0) is 11.5. The Bertz CT molecular complexity index is 331. The summed E-state index contributed by atoms with van der Waals surface area (Å²) in [5.74, 6) is 0.945. The minimum atomic E-state index is 0.623. The molecule has 1 N–H and O–H groups in total. The van der Waals surface area contributed by atoms with Gasteiger partial charge in [0.05, 0.1) is 5.69 Å². The molecule has 2 unspecified atom stereocenters. The zero-order valence-electron chi connectivity index (χ0n) is 10.2. The molecule has 16 heavy (non-hydrogen) atoms. The summed E-state index contributed by atoms with van der Waals surface area (Å²) in [4.78, 5) is 4.44. The van der Waals surface area contributed by atoms with Crippen LogP contribution in [0.5, 0.6) is 0 Å². The standard InChI is InChI=1S/C12H20N2OS/c1-4-13-10-6-5-7-11(10)16-12-14-8(2)9(3)15-12/h10-11,13H,4-7H2,1-3H3. The Morgan fingerprint density at radius 2 is 2.25 bits per heavy atom. The quantitative estimate of drug-likeness (QED) is 0.878. The molecule has 0 amide bonds. The van der Waals surface area contributed by atoms with Crippen LogP contribution in [0.15, 0.2) is 9.64 Å². The number of oxazole rings is 1. The van der Waals surface area contributed by atoms with E-state index in [2.05, 4.69) is 17.2 Å². The van der Waals surface area contributed by atoms with E-state index in [1.807, 2.05) is 13.8 Å². The molecule has 1 fully saturated rings. The van der Waals surface area contributed by atoms with Gasteiger partial charge >= 0.3 is 0 Å². The first kappa shape index (κ1) is 12.0. The predicted octanol–water partition coefficient (Wildman–Crippen LogP) is 2.91. The molecule has 1 aromatic heterocycles. The van der Waals surface area contributed by atoms with Crippen molar-refractivity contribution in [2.24, 2.45) is 0 Å².